The molecule has 1 aromatic heterocycles. The fourth-order valence-electron chi connectivity index (χ4n) is 2.26. The van der Waals surface area contributed by atoms with Crippen LogP contribution in [-0.2, 0) is 11.8 Å². The third-order valence-corrected chi connectivity index (χ3v) is 3.68. The number of nitrogens with two attached hydrogens (primary N) is 1. The molecule has 1 fully saturated rings. The Morgan fingerprint density at radius 2 is 2.28 bits per heavy atom. The van der Waals surface area contributed by atoms with Gasteiger partial charge in [0.15, 0.2) is 5.82 Å². The van der Waals surface area contributed by atoms with Crippen molar-refractivity contribution in [3.05, 3.63) is 6.07 Å². The Balaban J connectivity index is 1.96. The van der Waals surface area contributed by atoms with Crippen molar-refractivity contribution in [1.82, 2.24) is 9.78 Å². The molecule has 1 saturated heterocycles. The molecule has 0 radical (unpaired) electrons. The van der Waals surface area contributed by atoms with Crippen molar-refractivity contribution < 1.29 is 9.47 Å². The lowest BCUT2D eigenvalue weighted by Gasteiger charge is -2.36. The molecule has 0 aromatic carbocycles. The van der Waals surface area contributed by atoms with Gasteiger partial charge < -0.3 is 20.5 Å². The fourth-order valence-corrected chi connectivity index (χ4v) is 2.26. The van der Waals surface area contributed by atoms with Crippen molar-refractivity contribution in [3.8, 4) is 5.88 Å². The van der Waals surface area contributed by atoms with Crippen LogP contribution in [0.2, 0.25) is 0 Å². The van der Waals surface area contributed by atoms with E-state index in [-0.39, 0.29) is 5.41 Å². The summed E-state index contributed by atoms with van der Waals surface area (Å²) in [4.78, 5) is 0. The number of aryl methyl sites for hydroxylation is 1. The van der Waals surface area contributed by atoms with E-state index >= 15 is 0 Å². The molecule has 3 N–H and O–H groups in total. The lowest BCUT2D eigenvalue weighted by Crippen LogP contribution is -2.42. The van der Waals surface area contributed by atoms with Gasteiger partial charge in [-0.2, -0.15) is 5.10 Å². The molecule has 2 rings (SSSR count). The Morgan fingerprint density at radius 3 is 2.83 bits per heavy atom. The Labute approximate surface area is 107 Å². The summed E-state index contributed by atoms with van der Waals surface area (Å²) in [6.07, 6.45) is 2.00. The molecule has 0 atom stereocenters. The van der Waals surface area contributed by atoms with Crippen molar-refractivity contribution in [2.75, 3.05) is 38.7 Å². The zero-order chi connectivity index (χ0) is 13.0. The number of nitrogens with one attached hydrogen (secondary N) is 1. The molecule has 1 aliphatic heterocycles. The van der Waals surface area contributed by atoms with E-state index in [2.05, 4.69) is 10.4 Å². The molecule has 6 nitrogen and oxygen atoms in total. The molecule has 0 aliphatic carbocycles. The highest BCUT2D eigenvalue weighted by atomic mass is 16.5. The van der Waals surface area contributed by atoms with Crippen LogP contribution in [-0.4, -0.2) is 43.2 Å². The summed E-state index contributed by atoms with van der Waals surface area (Å²) in [5.41, 5.74) is 6.05. The lowest BCUT2D eigenvalue weighted by molar-refractivity contribution is 0.0252. The number of anilines is 1. The molecule has 102 valence electrons. The van der Waals surface area contributed by atoms with Crippen LogP contribution in [0.5, 0.6) is 5.88 Å². The molecule has 0 bridgehead atoms. The smallest absolute Gasteiger partial charge is 0.213 e. The van der Waals surface area contributed by atoms with Crippen LogP contribution in [0.3, 0.4) is 0 Å². The largest absolute Gasteiger partial charge is 0.481 e. The first-order chi connectivity index (χ1) is 8.69. The Hall–Kier alpha value is -1.27. The summed E-state index contributed by atoms with van der Waals surface area (Å²) >= 11 is 0. The molecule has 18 heavy (non-hydrogen) atoms. The molecular formula is C12H22N4O2. The van der Waals surface area contributed by atoms with E-state index < -0.39 is 0 Å². The topological polar surface area (TPSA) is 74.3 Å². The molecule has 6 heteroatoms. The van der Waals surface area contributed by atoms with Gasteiger partial charge in [0, 0.05) is 38.3 Å². The van der Waals surface area contributed by atoms with Crippen molar-refractivity contribution in [3.63, 3.8) is 0 Å². The highest BCUT2D eigenvalue weighted by molar-refractivity contribution is 5.38. The zero-order valence-corrected chi connectivity index (χ0v) is 11.1. The van der Waals surface area contributed by atoms with E-state index in [1.807, 2.05) is 13.1 Å². The number of nitrogens with zero attached hydrogens (tertiary/aromatic N) is 2. The first kappa shape index (κ1) is 13.2. The molecule has 0 unspecified atom stereocenters. The highest BCUT2D eigenvalue weighted by Crippen LogP contribution is 2.29. The van der Waals surface area contributed by atoms with Gasteiger partial charge in [0.25, 0.3) is 0 Å². The summed E-state index contributed by atoms with van der Waals surface area (Å²) in [6.45, 7) is 3.09. The maximum Gasteiger partial charge on any atom is 0.213 e. The van der Waals surface area contributed by atoms with E-state index in [1.54, 1.807) is 11.8 Å². The normalized spacial score (nSPS) is 18.6. The maximum atomic E-state index is 5.92. The zero-order valence-electron chi connectivity index (χ0n) is 11.1. The second kappa shape index (κ2) is 5.58. The van der Waals surface area contributed by atoms with E-state index in [9.17, 15) is 0 Å². The van der Waals surface area contributed by atoms with Crippen LogP contribution in [0.1, 0.15) is 12.8 Å². The average molecular weight is 254 g/mol. The molecule has 0 spiro atoms. The summed E-state index contributed by atoms with van der Waals surface area (Å²) < 4.78 is 12.3. The van der Waals surface area contributed by atoms with Gasteiger partial charge in [-0.25, -0.2) is 4.68 Å². The number of methoxy groups -OCH3 is 1. The SMILES string of the molecule is COc1cc(NCC2(CN)CCOCC2)nn1C. The molecular weight excluding hydrogens is 232 g/mol. The minimum absolute atomic E-state index is 0.128. The molecule has 0 saturated carbocycles. The summed E-state index contributed by atoms with van der Waals surface area (Å²) in [7, 11) is 3.50. The van der Waals surface area contributed by atoms with Crippen molar-refractivity contribution in [1.29, 1.82) is 0 Å². The van der Waals surface area contributed by atoms with E-state index in [1.165, 1.54) is 0 Å². The van der Waals surface area contributed by atoms with E-state index in [0.717, 1.165) is 44.3 Å². The number of rotatable bonds is 5. The minimum atomic E-state index is 0.128. The Morgan fingerprint density at radius 1 is 1.56 bits per heavy atom. The number of hydrogen-bond acceptors (Lipinski definition) is 5. The minimum Gasteiger partial charge on any atom is -0.481 e. The molecule has 2 heterocycles. The van der Waals surface area contributed by atoms with Crippen molar-refractivity contribution in [2.45, 2.75) is 12.8 Å². The average Bonchev–Trinajstić information content (AvgIpc) is 2.78. The van der Waals surface area contributed by atoms with E-state index in [4.69, 9.17) is 15.2 Å². The van der Waals surface area contributed by atoms with Gasteiger partial charge in [0.1, 0.15) is 0 Å². The van der Waals surface area contributed by atoms with Gasteiger partial charge >= 0.3 is 0 Å². The maximum absolute atomic E-state index is 5.92. The van der Waals surface area contributed by atoms with Crippen molar-refractivity contribution in [2.24, 2.45) is 18.2 Å². The predicted molar refractivity (Wildman–Crippen MR) is 69.8 cm³/mol. The quantitative estimate of drug-likeness (QED) is 0.804. The van der Waals surface area contributed by atoms with Gasteiger partial charge in [-0.05, 0) is 19.4 Å². The van der Waals surface area contributed by atoms with Gasteiger partial charge in [0.05, 0.1) is 7.11 Å². The number of ether oxygens (including phenoxy) is 2. The first-order valence-corrected chi connectivity index (χ1v) is 6.29. The molecule has 1 aliphatic rings. The fraction of sp³-hybridized carbons (Fsp3) is 0.750. The second-order valence-electron chi connectivity index (χ2n) is 4.87. The molecule has 0 amide bonds. The third kappa shape index (κ3) is 2.76. The van der Waals surface area contributed by atoms with E-state index in [0.29, 0.717) is 6.54 Å². The van der Waals surface area contributed by atoms with Gasteiger partial charge in [0.2, 0.25) is 5.88 Å². The summed E-state index contributed by atoms with van der Waals surface area (Å²) in [5, 5.41) is 7.69. The number of aromatic nitrogens is 2. The van der Waals surface area contributed by atoms with Crippen LogP contribution in [0.15, 0.2) is 6.07 Å². The van der Waals surface area contributed by atoms with Gasteiger partial charge in [-0.3, -0.25) is 0 Å². The third-order valence-electron chi connectivity index (χ3n) is 3.68. The second-order valence-corrected chi connectivity index (χ2v) is 4.87. The highest BCUT2D eigenvalue weighted by Gasteiger charge is 2.31. The number of hydrogen-bond donors (Lipinski definition) is 2. The van der Waals surface area contributed by atoms with Crippen molar-refractivity contribution >= 4 is 5.82 Å². The summed E-state index contributed by atoms with van der Waals surface area (Å²) in [5.74, 6) is 1.57. The van der Waals surface area contributed by atoms with Gasteiger partial charge in [-0.15, -0.1) is 0 Å². The monoisotopic (exact) mass is 254 g/mol. The van der Waals surface area contributed by atoms with Crippen LogP contribution < -0.4 is 15.8 Å². The lowest BCUT2D eigenvalue weighted by atomic mass is 9.80. The van der Waals surface area contributed by atoms with Crippen LogP contribution in [0.4, 0.5) is 5.82 Å². The standard InChI is InChI=1S/C12H22N4O2/c1-16-11(17-2)7-10(15-16)14-9-12(8-13)3-5-18-6-4-12/h7H,3-6,8-9,13H2,1-2H3,(H,14,15). The predicted octanol–water partition coefficient (Wildman–Crippen LogP) is 0.596. The Bertz CT molecular complexity index is 385. The first-order valence-electron chi connectivity index (χ1n) is 6.29. The van der Waals surface area contributed by atoms with Crippen LogP contribution in [0.25, 0.3) is 0 Å². The van der Waals surface area contributed by atoms with Gasteiger partial charge in [-0.1, -0.05) is 0 Å². The van der Waals surface area contributed by atoms with Crippen LogP contribution >= 0.6 is 0 Å². The Kier molecular flexibility index (Phi) is 4.08. The summed E-state index contributed by atoms with van der Waals surface area (Å²) in [6, 6.07) is 1.89. The molecule has 1 aromatic rings. The van der Waals surface area contributed by atoms with Crippen LogP contribution in [0, 0.1) is 5.41 Å².